The van der Waals surface area contributed by atoms with Gasteiger partial charge in [0.05, 0.1) is 6.61 Å². The van der Waals surface area contributed by atoms with Gasteiger partial charge in [-0.25, -0.2) is 4.39 Å². The van der Waals surface area contributed by atoms with Gasteiger partial charge in [-0.2, -0.15) is 0 Å². The van der Waals surface area contributed by atoms with Crippen molar-refractivity contribution in [3.8, 4) is 0 Å². The summed E-state index contributed by atoms with van der Waals surface area (Å²) in [6, 6.07) is 13.5. The predicted octanol–water partition coefficient (Wildman–Crippen LogP) is 3.96. The maximum Gasteiger partial charge on any atom is 0.126 e. The number of hydrogen-bond acceptors (Lipinski definition) is 2. The van der Waals surface area contributed by atoms with E-state index in [1.54, 1.807) is 6.92 Å². The Morgan fingerprint density at radius 1 is 1.05 bits per heavy atom. The van der Waals surface area contributed by atoms with E-state index < -0.39 is 0 Å². The molecule has 2 aromatic carbocycles. The lowest BCUT2D eigenvalue weighted by Gasteiger charge is -2.11. The Morgan fingerprint density at radius 2 is 1.81 bits per heavy atom. The van der Waals surface area contributed by atoms with Crippen LogP contribution in [0.1, 0.15) is 29.2 Å². The first-order valence-corrected chi connectivity index (χ1v) is 7.31. The summed E-state index contributed by atoms with van der Waals surface area (Å²) < 4.78 is 18.7. The molecule has 0 radical (unpaired) electrons. The number of aryl methyl sites for hydroxylation is 1. The van der Waals surface area contributed by atoms with Crippen LogP contribution in [0.25, 0.3) is 0 Å². The summed E-state index contributed by atoms with van der Waals surface area (Å²) >= 11 is 0. The second-order valence-electron chi connectivity index (χ2n) is 5.09. The fourth-order valence-corrected chi connectivity index (χ4v) is 2.24. The fourth-order valence-electron chi connectivity index (χ4n) is 2.24. The van der Waals surface area contributed by atoms with Crippen LogP contribution in [0, 0.1) is 12.7 Å². The van der Waals surface area contributed by atoms with Gasteiger partial charge in [-0.3, -0.25) is 0 Å². The van der Waals surface area contributed by atoms with E-state index >= 15 is 0 Å². The normalized spacial score (nSPS) is 10.8. The average Bonchev–Trinajstić information content (AvgIpc) is 2.50. The molecule has 0 spiro atoms. The number of ether oxygens (including phenoxy) is 1. The summed E-state index contributed by atoms with van der Waals surface area (Å²) in [5.41, 5.74) is 4.23. The van der Waals surface area contributed by atoms with E-state index in [0.29, 0.717) is 12.2 Å². The first-order valence-electron chi connectivity index (χ1n) is 7.31. The van der Waals surface area contributed by atoms with Gasteiger partial charge in [0, 0.05) is 19.7 Å². The zero-order valence-corrected chi connectivity index (χ0v) is 12.7. The van der Waals surface area contributed by atoms with Gasteiger partial charge in [0.15, 0.2) is 0 Å². The van der Waals surface area contributed by atoms with Crippen LogP contribution in [0.3, 0.4) is 0 Å². The molecule has 3 heteroatoms. The first-order chi connectivity index (χ1) is 10.2. The van der Waals surface area contributed by atoms with E-state index in [0.717, 1.165) is 25.3 Å². The Morgan fingerprint density at radius 3 is 2.52 bits per heavy atom. The van der Waals surface area contributed by atoms with Crippen molar-refractivity contribution in [1.29, 1.82) is 0 Å². The lowest BCUT2D eigenvalue weighted by molar-refractivity contribution is 0.133. The SMILES string of the molecule is CCOCc1ccccc1CNCc1ccc(F)c(C)c1. The van der Waals surface area contributed by atoms with E-state index in [9.17, 15) is 4.39 Å². The summed E-state index contributed by atoms with van der Waals surface area (Å²) in [5, 5.41) is 3.40. The van der Waals surface area contributed by atoms with E-state index in [2.05, 4.69) is 17.4 Å². The molecule has 0 saturated carbocycles. The molecule has 2 rings (SSSR count). The number of benzene rings is 2. The van der Waals surface area contributed by atoms with E-state index in [1.165, 1.54) is 17.2 Å². The maximum absolute atomic E-state index is 13.2. The molecule has 0 atom stereocenters. The zero-order valence-electron chi connectivity index (χ0n) is 12.7. The summed E-state index contributed by atoms with van der Waals surface area (Å²) in [5.74, 6) is -0.152. The van der Waals surface area contributed by atoms with Gasteiger partial charge in [-0.05, 0) is 42.2 Å². The Labute approximate surface area is 126 Å². The quantitative estimate of drug-likeness (QED) is 0.832. The van der Waals surface area contributed by atoms with Gasteiger partial charge in [0.25, 0.3) is 0 Å². The maximum atomic E-state index is 13.2. The third-order valence-electron chi connectivity index (χ3n) is 3.45. The standard InChI is InChI=1S/C18H22FNO/c1-3-21-13-17-7-5-4-6-16(17)12-20-11-15-8-9-18(19)14(2)10-15/h4-10,20H,3,11-13H2,1-2H3. The smallest absolute Gasteiger partial charge is 0.126 e. The lowest BCUT2D eigenvalue weighted by Crippen LogP contribution is -2.14. The minimum absolute atomic E-state index is 0.152. The van der Waals surface area contributed by atoms with Gasteiger partial charge < -0.3 is 10.1 Å². The van der Waals surface area contributed by atoms with E-state index in [4.69, 9.17) is 4.74 Å². The van der Waals surface area contributed by atoms with Crippen molar-refractivity contribution in [2.45, 2.75) is 33.5 Å². The van der Waals surface area contributed by atoms with E-state index in [-0.39, 0.29) is 5.82 Å². The molecule has 0 bridgehead atoms. The van der Waals surface area contributed by atoms with Crippen LogP contribution < -0.4 is 5.32 Å². The van der Waals surface area contributed by atoms with Crippen molar-refractivity contribution >= 4 is 0 Å². The molecule has 2 nitrogen and oxygen atoms in total. The summed E-state index contributed by atoms with van der Waals surface area (Å²) in [6.45, 7) is 6.65. The Bertz CT molecular complexity index is 583. The summed E-state index contributed by atoms with van der Waals surface area (Å²) in [7, 11) is 0. The highest BCUT2D eigenvalue weighted by Crippen LogP contribution is 2.12. The van der Waals surface area contributed by atoms with Gasteiger partial charge in [-0.1, -0.05) is 36.4 Å². The van der Waals surface area contributed by atoms with Crippen LogP contribution in [0.2, 0.25) is 0 Å². The summed E-state index contributed by atoms with van der Waals surface area (Å²) in [4.78, 5) is 0. The largest absolute Gasteiger partial charge is 0.377 e. The zero-order chi connectivity index (χ0) is 15.1. The van der Waals surface area contributed by atoms with Gasteiger partial charge >= 0.3 is 0 Å². The third-order valence-corrected chi connectivity index (χ3v) is 3.45. The van der Waals surface area contributed by atoms with Gasteiger partial charge in [0.1, 0.15) is 5.82 Å². The summed E-state index contributed by atoms with van der Waals surface area (Å²) in [6.07, 6.45) is 0. The van der Waals surface area contributed by atoms with Crippen molar-refractivity contribution in [1.82, 2.24) is 5.32 Å². The molecule has 21 heavy (non-hydrogen) atoms. The van der Waals surface area contributed by atoms with Crippen molar-refractivity contribution in [3.63, 3.8) is 0 Å². The molecule has 0 aliphatic rings. The minimum Gasteiger partial charge on any atom is -0.377 e. The molecule has 0 amide bonds. The highest BCUT2D eigenvalue weighted by Gasteiger charge is 2.03. The first kappa shape index (κ1) is 15.7. The molecule has 0 aliphatic carbocycles. The van der Waals surface area contributed by atoms with Crippen molar-refractivity contribution in [2.75, 3.05) is 6.61 Å². The van der Waals surface area contributed by atoms with Crippen LogP contribution in [0.5, 0.6) is 0 Å². The lowest BCUT2D eigenvalue weighted by atomic mass is 10.1. The van der Waals surface area contributed by atoms with Crippen molar-refractivity contribution in [3.05, 3.63) is 70.5 Å². The number of halogens is 1. The van der Waals surface area contributed by atoms with Crippen molar-refractivity contribution < 1.29 is 9.13 Å². The molecule has 1 N–H and O–H groups in total. The molecule has 0 heterocycles. The molecular weight excluding hydrogens is 265 g/mol. The fraction of sp³-hybridized carbons (Fsp3) is 0.333. The van der Waals surface area contributed by atoms with Gasteiger partial charge in [-0.15, -0.1) is 0 Å². The Kier molecular flexibility index (Phi) is 5.90. The van der Waals surface area contributed by atoms with E-state index in [1.807, 2.05) is 31.2 Å². The van der Waals surface area contributed by atoms with Crippen LogP contribution in [0.15, 0.2) is 42.5 Å². The second-order valence-corrected chi connectivity index (χ2v) is 5.09. The monoisotopic (exact) mass is 287 g/mol. The topological polar surface area (TPSA) is 21.3 Å². The van der Waals surface area contributed by atoms with Crippen molar-refractivity contribution in [2.24, 2.45) is 0 Å². The molecule has 0 aliphatic heterocycles. The highest BCUT2D eigenvalue weighted by molar-refractivity contribution is 5.27. The molecule has 0 unspecified atom stereocenters. The molecule has 2 aromatic rings. The third kappa shape index (κ3) is 4.66. The number of nitrogens with one attached hydrogen (secondary N) is 1. The second kappa shape index (κ2) is 7.91. The molecular formula is C18H22FNO. The molecule has 0 saturated heterocycles. The predicted molar refractivity (Wildman–Crippen MR) is 83.5 cm³/mol. The molecule has 0 fully saturated rings. The minimum atomic E-state index is -0.152. The van der Waals surface area contributed by atoms with Crippen LogP contribution in [0.4, 0.5) is 4.39 Å². The number of hydrogen-bond donors (Lipinski definition) is 1. The Balaban J connectivity index is 1.92. The Hall–Kier alpha value is -1.71. The van der Waals surface area contributed by atoms with Gasteiger partial charge in [0.2, 0.25) is 0 Å². The molecule has 112 valence electrons. The van der Waals surface area contributed by atoms with Crippen LogP contribution in [-0.2, 0) is 24.4 Å². The number of rotatable bonds is 7. The molecule has 0 aromatic heterocycles. The average molecular weight is 287 g/mol. The highest BCUT2D eigenvalue weighted by atomic mass is 19.1. The van der Waals surface area contributed by atoms with Crippen LogP contribution >= 0.6 is 0 Å². The van der Waals surface area contributed by atoms with Crippen LogP contribution in [-0.4, -0.2) is 6.61 Å².